The molecule has 1 aliphatic rings. The molecule has 0 N–H and O–H groups in total. The van der Waals surface area contributed by atoms with E-state index in [2.05, 4.69) is 43.0 Å². The lowest BCUT2D eigenvalue weighted by molar-refractivity contribution is 0.439. The van der Waals surface area contributed by atoms with Crippen LogP contribution in [-0.2, 0) is 0 Å². The van der Waals surface area contributed by atoms with Crippen molar-refractivity contribution in [3.63, 3.8) is 0 Å². The maximum Gasteiger partial charge on any atom is 0.00857 e. The maximum absolute atomic E-state index is 4.49. The van der Waals surface area contributed by atoms with Gasteiger partial charge in [-0.25, -0.2) is 0 Å². The summed E-state index contributed by atoms with van der Waals surface area (Å²) in [4.78, 5) is 0. The lowest BCUT2D eigenvalue weighted by Crippen LogP contribution is -2.23. The maximum atomic E-state index is 4.49. The van der Waals surface area contributed by atoms with Gasteiger partial charge in [-0.3, -0.25) is 0 Å². The SMILES string of the molecule is SC1CCC1c1ccccc1. The van der Waals surface area contributed by atoms with Crippen LogP contribution in [0.3, 0.4) is 0 Å². The molecule has 58 valence electrons. The molecule has 0 aliphatic heterocycles. The van der Waals surface area contributed by atoms with Crippen molar-refractivity contribution in [1.29, 1.82) is 0 Å². The van der Waals surface area contributed by atoms with E-state index in [-0.39, 0.29) is 0 Å². The van der Waals surface area contributed by atoms with Gasteiger partial charge in [0.15, 0.2) is 0 Å². The van der Waals surface area contributed by atoms with E-state index < -0.39 is 0 Å². The molecule has 1 aliphatic carbocycles. The molecule has 1 aromatic rings. The molecule has 0 aromatic heterocycles. The zero-order valence-corrected chi connectivity index (χ0v) is 7.30. The number of hydrogen-bond acceptors (Lipinski definition) is 1. The molecule has 1 aromatic carbocycles. The molecule has 0 bridgehead atoms. The number of rotatable bonds is 1. The fourth-order valence-electron chi connectivity index (χ4n) is 1.57. The number of thiol groups is 1. The highest BCUT2D eigenvalue weighted by Crippen LogP contribution is 2.40. The summed E-state index contributed by atoms with van der Waals surface area (Å²) < 4.78 is 0. The average molecular weight is 164 g/mol. The van der Waals surface area contributed by atoms with E-state index in [1.54, 1.807) is 0 Å². The Morgan fingerprint density at radius 1 is 1.09 bits per heavy atom. The Hall–Kier alpha value is -0.430. The molecule has 0 amide bonds. The van der Waals surface area contributed by atoms with Gasteiger partial charge >= 0.3 is 0 Å². The quantitative estimate of drug-likeness (QED) is 0.606. The Kier molecular flexibility index (Phi) is 1.91. The normalized spacial score (nSPS) is 29.5. The second-order valence-electron chi connectivity index (χ2n) is 3.16. The highest BCUT2D eigenvalue weighted by molar-refractivity contribution is 7.81. The Labute approximate surface area is 73.0 Å². The summed E-state index contributed by atoms with van der Waals surface area (Å²) in [5.41, 5.74) is 1.46. The van der Waals surface area contributed by atoms with Gasteiger partial charge in [0.1, 0.15) is 0 Å². The first-order chi connectivity index (χ1) is 5.38. The Morgan fingerprint density at radius 2 is 1.82 bits per heavy atom. The minimum absolute atomic E-state index is 0.609. The summed E-state index contributed by atoms with van der Waals surface area (Å²) in [7, 11) is 0. The Morgan fingerprint density at radius 3 is 2.27 bits per heavy atom. The van der Waals surface area contributed by atoms with Crippen LogP contribution in [0.15, 0.2) is 30.3 Å². The standard InChI is InChI=1S/C10H12S/c11-10-7-6-9(10)8-4-2-1-3-5-8/h1-5,9-11H,6-7H2. The van der Waals surface area contributed by atoms with Crippen LogP contribution in [0.5, 0.6) is 0 Å². The number of hydrogen-bond donors (Lipinski definition) is 1. The van der Waals surface area contributed by atoms with Gasteiger partial charge in [0.05, 0.1) is 0 Å². The van der Waals surface area contributed by atoms with Gasteiger partial charge in [-0.15, -0.1) is 0 Å². The van der Waals surface area contributed by atoms with Crippen molar-refractivity contribution < 1.29 is 0 Å². The lowest BCUT2D eigenvalue weighted by Gasteiger charge is -2.33. The van der Waals surface area contributed by atoms with Crippen LogP contribution < -0.4 is 0 Å². The van der Waals surface area contributed by atoms with Crippen LogP contribution in [0.2, 0.25) is 0 Å². The van der Waals surface area contributed by atoms with Gasteiger partial charge in [-0.2, -0.15) is 12.6 Å². The number of benzene rings is 1. The fourth-order valence-corrected chi connectivity index (χ4v) is 2.04. The van der Waals surface area contributed by atoms with E-state index in [0.29, 0.717) is 5.25 Å². The zero-order valence-electron chi connectivity index (χ0n) is 6.40. The molecular weight excluding hydrogens is 152 g/mol. The van der Waals surface area contributed by atoms with Gasteiger partial charge in [-0.05, 0) is 24.3 Å². The van der Waals surface area contributed by atoms with Crippen molar-refractivity contribution in [2.45, 2.75) is 24.0 Å². The van der Waals surface area contributed by atoms with E-state index in [1.165, 1.54) is 18.4 Å². The topological polar surface area (TPSA) is 0 Å². The highest BCUT2D eigenvalue weighted by atomic mass is 32.1. The summed E-state index contributed by atoms with van der Waals surface area (Å²) in [6, 6.07) is 10.7. The van der Waals surface area contributed by atoms with E-state index in [1.807, 2.05) is 0 Å². The summed E-state index contributed by atoms with van der Waals surface area (Å²) in [6.45, 7) is 0. The molecular formula is C10H12S. The van der Waals surface area contributed by atoms with Crippen molar-refractivity contribution in [1.82, 2.24) is 0 Å². The molecule has 1 saturated carbocycles. The predicted octanol–water partition coefficient (Wildman–Crippen LogP) is 2.86. The Bertz CT molecular complexity index is 230. The second-order valence-corrected chi connectivity index (χ2v) is 3.83. The minimum atomic E-state index is 0.609. The molecule has 0 saturated heterocycles. The molecule has 0 radical (unpaired) electrons. The third kappa shape index (κ3) is 1.30. The van der Waals surface area contributed by atoms with Crippen LogP contribution in [0.4, 0.5) is 0 Å². The first-order valence-corrected chi connectivity index (χ1v) is 4.62. The molecule has 1 heteroatoms. The van der Waals surface area contributed by atoms with Gasteiger partial charge in [0.25, 0.3) is 0 Å². The van der Waals surface area contributed by atoms with Gasteiger partial charge in [0.2, 0.25) is 0 Å². The van der Waals surface area contributed by atoms with Crippen molar-refractivity contribution in [2.75, 3.05) is 0 Å². The van der Waals surface area contributed by atoms with Crippen LogP contribution in [0.25, 0.3) is 0 Å². The molecule has 2 rings (SSSR count). The first-order valence-electron chi connectivity index (χ1n) is 4.11. The van der Waals surface area contributed by atoms with E-state index in [4.69, 9.17) is 0 Å². The van der Waals surface area contributed by atoms with Crippen LogP contribution in [0.1, 0.15) is 24.3 Å². The van der Waals surface area contributed by atoms with Crippen molar-refractivity contribution in [3.05, 3.63) is 35.9 Å². The van der Waals surface area contributed by atoms with Crippen LogP contribution in [0, 0.1) is 0 Å². The van der Waals surface area contributed by atoms with Crippen LogP contribution >= 0.6 is 12.6 Å². The van der Waals surface area contributed by atoms with E-state index in [0.717, 1.165) is 5.92 Å². The molecule has 1 fully saturated rings. The third-order valence-electron chi connectivity index (χ3n) is 2.47. The van der Waals surface area contributed by atoms with Gasteiger partial charge in [-0.1, -0.05) is 30.3 Å². The monoisotopic (exact) mass is 164 g/mol. The second kappa shape index (κ2) is 2.90. The molecule has 0 spiro atoms. The average Bonchev–Trinajstić information content (AvgIpc) is 2.04. The molecule has 11 heavy (non-hydrogen) atoms. The molecule has 0 heterocycles. The van der Waals surface area contributed by atoms with Crippen molar-refractivity contribution >= 4 is 12.6 Å². The molecule has 0 nitrogen and oxygen atoms in total. The fraction of sp³-hybridized carbons (Fsp3) is 0.400. The van der Waals surface area contributed by atoms with Gasteiger partial charge < -0.3 is 0 Å². The lowest BCUT2D eigenvalue weighted by atomic mass is 9.79. The van der Waals surface area contributed by atoms with E-state index >= 15 is 0 Å². The largest absolute Gasteiger partial charge is 0.175 e. The summed E-state index contributed by atoms with van der Waals surface area (Å²) >= 11 is 4.49. The summed E-state index contributed by atoms with van der Waals surface area (Å²) in [5, 5.41) is 0.609. The molecule has 2 atom stereocenters. The Balaban J connectivity index is 2.17. The van der Waals surface area contributed by atoms with E-state index in [9.17, 15) is 0 Å². The minimum Gasteiger partial charge on any atom is -0.175 e. The van der Waals surface area contributed by atoms with Gasteiger partial charge in [0, 0.05) is 5.25 Å². The van der Waals surface area contributed by atoms with Crippen LogP contribution in [-0.4, -0.2) is 5.25 Å². The highest BCUT2D eigenvalue weighted by Gasteiger charge is 2.28. The predicted molar refractivity (Wildman–Crippen MR) is 51.2 cm³/mol. The summed E-state index contributed by atoms with van der Waals surface area (Å²) in [5.74, 6) is 0.722. The third-order valence-corrected chi connectivity index (χ3v) is 3.08. The summed E-state index contributed by atoms with van der Waals surface area (Å²) in [6.07, 6.45) is 2.60. The van der Waals surface area contributed by atoms with Crippen molar-refractivity contribution in [3.8, 4) is 0 Å². The first kappa shape index (κ1) is 7.23. The molecule has 2 unspecified atom stereocenters. The smallest absolute Gasteiger partial charge is 0.00857 e. The zero-order chi connectivity index (χ0) is 7.68. The van der Waals surface area contributed by atoms with Crippen molar-refractivity contribution in [2.24, 2.45) is 0 Å².